The van der Waals surface area contributed by atoms with E-state index in [2.05, 4.69) is 15.3 Å². The molecule has 6 heteroatoms. The van der Waals surface area contributed by atoms with Crippen LogP contribution in [-0.2, 0) is 0 Å². The fraction of sp³-hybridized carbons (Fsp3) is 0.636. The number of ether oxygens (including phenoxy) is 2. The predicted octanol–water partition coefficient (Wildman–Crippen LogP) is 2.31. The Hall–Kier alpha value is -1.23. The smallest absolute Gasteiger partial charge is 0.229 e. The van der Waals surface area contributed by atoms with E-state index in [1.54, 1.807) is 20.3 Å². The molecule has 17 heavy (non-hydrogen) atoms. The number of hydrogen-bond acceptors (Lipinski definition) is 5. The number of hydrogen-bond donors (Lipinski definition) is 1. The highest BCUT2D eigenvalue weighted by Gasteiger charge is 2.18. The van der Waals surface area contributed by atoms with E-state index >= 15 is 0 Å². The summed E-state index contributed by atoms with van der Waals surface area (Å²) in [4.78, 5) is 8.40. The summed E-state index contributed by atoms with van der Waals surface area (Å²) in [6.07, 6.45) is 0.803. The van der Waals surface area contributed by atoms with E-state index in [-0.39, 0.29) is 5.54 Å². The van der Waals surface area contributed by atoms with Crippen LogP contribution in [0.15, 0.2) is 6.07 Å². The SMILES string of the molecule is COc1cc(OC)nc(NC(C)(C)CCCl)n1. The van der Waals surface area contributed by atoms with Crippen molar-refractivity contribution in [3.8, 4) is 11.8 Å². The van der Waals surface area contributed by atoms with Gasteiger partial charge in [0, 0.05) is 11.4 Å². The first kappa shape index (κ1) is 13.8. The average molecular weight is 260 g/mol. The van der Waals surface area contributed by atoms with Gasteiger partial charge in [-0.3, -0.25) is 0 Å². The molecule has 1 aromatic rings. The molecule has 0 unspecified atom stereocenters. The van der Waals surface area contributed by atoms with E-state index in [1.807, 2.05) is 13.8 Å². The summed E-state index contributed by atoms with van der Waals surface area (Å²) in [5.41, 5.74) is -0.181. The number of halogens is 1. The van der Waals surface area contributed by atoms with Gasteiger partial charge < -0.3 is 14.8 Å². The molecule has 1 N–H and O–H groups in total. The van der Waals surface area contributed by atoms with Gasteiger partial charge in [-0.05, 0) is 20.3 Å². The number of rotatable bonds is 6. The molecule has 0 aliphatic heterocycles. The van der Waals surface area contributed by atoms with Crippen LogP contribution in [0.1, 0.15) is 20.3 Å². The molecular weight excluding hydrogens is 242 g/mol. The van der Waals surface area contributed by atoms with Crippen molar-refractivity contribution in [1.29, 1.82) is 0 Å². The standard InChI is InChI=1S/C11H18ClN3O2/c1-11(2,5-6-12)15-10-13-8(16-3)7-9(14-10)17-4/h7H,5-6H2,1-4H3,(H,13,14,15). The van der Waals surface area contributed by atoms with Gasteiger partial charge in [-0.1, -0.05) is 0 Å². The molecule has 0 bridgehead atoms. The Morgan fingerprint density at radius 3 is 2.18 bits per heavy atom. The second-order valence-corrected chi connectivity index (χ2v) is 4.60. The molecule has 0 spiro atoms. The van der Waals surface area contributed by atoms with Crippen LogP contribution in [0.25, 0.3) is 0 Å². The molecule has 1 heterocycles. The molecule has 5 nitrogen and oxygen atoms in total. The lowest BCUT2D eigenvalue weighted by atomic mass is 10.0. The summed E-state index contributed by atoms with van der Waals surface area (Å²) in [7, 11) is 3.10. The van der Waals surface area contributed by atoms with Gasteiger partial charge in [-0.25, -0.2) is 0 Å². The molecule has 0 saturated carbocycles. The van der Waals surface area contributed by atoms with Gasteiger partial charge in [0.1, 0.15) is 0 Å². The lowest BCUT2D eigenvalue weighted by molar-refractivity contribution is 0.371. The molecule has 0 radical (unpaired) electrons. The number of anilines is 1. The topological polar surface area (TPSA) is 56.3 Å². The zero-order chi connectivity index (χ0) is 12.9. The maximum atomic E-state index is 5.74. The minimum Gasteiger partial charge on any atom is -0.481 e. The molecule has 1 aromatic heterocycles. The van der Waals surface area contributed by atoms with Crippen molar-refractivity contribution in [2.75, 3.05) is 25.4 Å². The van der Waals surface area contributed by atoms with E-state index in [1.165, 1.54) is 0 Å². The van der Waals surface area contributed by atoms with Crippen molar-refractivity contribution in [3.05, 3.63) is 6.07 Å². The lowest BCUT2D eigenvalue weighted by Gasteiger charge is -2.25. The second-order valence-electron chi connectivity index (χ2n) is 4.22. The van der Waals surface area contributed by atoms with Crippen LogP contribution >= 0.6 is 11.6 Å². The van der Waals surface area contributed by atoms with Gasteiger partial charge in [0.25, 0.3) is 0 Å². The highest BCUT2D eigenvalue weighted by atomic mass is 35.5. The third-order valence-corrected chi connectivity index (χ3v) is 2.46. The molecule has 96 valence electrons. The Morgan fingerprint density at radius 1 is 1.24 bits per heavy atom. The zero-order valence-electron chi connectivity index (χ0n) is 10.6. The van der Waals surface area contributed by atoms with Gasteiger partial charge >= 0.3 is 0 Å². The Kier molecular flexibility index (Phi) is 4.81. The van der Waals surface area contributed by atoms with Crippen molar-refractivity contribution in [3.63, 3.8) is 0 Å². The van der Waals surface area contributed by atoms with Crippen molar-refractivity contribution in [2.45, 2.75) is 25.8 Å². The summed E-state index contributed by atoms with van der Waals surface area (Å²) < 4.78 is 10.1. The highest BCUT2D eigenvalue weighted by molar-refractivity contribution is 6.17. The summed E-state index contributed by atoms with van der Waals surface area (Å²) in [5.74, 6) is 1.96. The van der Waals surface area contributed by atoms with Crippen LogP contribution in [0.5, 0.6) is 11.8 Å². The summed E-state index contributed by atoms with van der Waals surface area (Å²) in [5, 5.41) is 3.20. The fourth-order valence-corrected chi connectivity index (χ4v) is 1.74. The number of nitrogens with one attached hydrogen (secondary N) is 1. The Morgan fingerprint density at radius 2 is 1.76 bits per heavy atom. The minimum absolute atomic E-state index is 0.181. The average Bonchev–Trinajstić information content (AvgIpc) is 2.27. The number of alkyl halides is 1. The minimum atomic E-state index is -0.181. The quantitative estimate of drug-likeness (QED) is 0.795. The van der Waals surface area contributed by atoms with Crippen LogP contribution in [-0.4, -0.2) is 35.6 Å². The van der Waals surface area contributed by atoms with Crippen LogP contribution in [0, 0.1) is 0 Å². The molecule has 1 rings (SSSR count). The predicted molar refractivity (Wildman–Crippen MR) is 68.2 cm³/mol. The van der Waals surface area contributed by atoms with Crippen LogP contribution in [0.2, 0.25) is 0 Å². The van der Waals surface area contributed by atoms with E-state index in [9.17, 15) is 0 Å². The van der Waals surface area contributed by atoms with Crippen LogP contribution in [0.3, 0.4) is 0 Å². The molecule has 0 aromatic carbocycles. The molecule has 0 fully saturated rings. The van der Waals surface area contributed by atoms with Gasteiger partial charge in [-0.15, -0.1) is 11.6 Å². The first-order valence-corrected chi connectivity index (χ1v) is 5.85. The van der Waals surface area contributed by atoms with Crippen LogP contribution in [0.4, 0.5) is 5.95 Å². The normalized spacial score (nSPS) is 11.1. The largest absolute Gasteiger partial charge is 0.481 e. The third kappa shape index (κ3) is 4.26. The number of aromatic nitrogens is 2. The van der Waals surface area contributed by atoms with E-state index in [0.29, 0.717) is 23.6 Å². The zero-order valence-corrected chi connectivity index (χ0v) is 11.3. The maximum absolute atomic E-state index is 5.74. The molecule has 0 saturated heterocycles. The lowest BCUT2D eigenvalue weighted by Crippen LogP contribution is -2.32. The molecule has 0 amide bonds. The van der Waals surface area contributed by atoms with E-state index < -0.39 is 0 Å². The summed E-state index contributed by atoms with van der Waals surface area (Å²) >= 11 is 5.74. The van der Waals surface area contributed by atoms with E-state index in [4.69, 9.17) is 21.1 Å². The van der Waals surface area contributed by atoms with Crippen molar-refractivity contribution in [1.82, 2.24) is 9.97 Å². The first-order valence-electron chi connectivity index (χ1n) is 5.32. The van der Waals surface area contributed by atoms with Crippen molar-refractivity contribution in [2.24, 2.45) is 0 Å². The van der Waals surface area contributed by atoms with Gasteiger partial charge in [-0.2, -0.15) is 9.97 Å². The summed E-state index contributed by atoms with van der Waals surface area (Å²) in [6.45, 7) is 4.06. The fourth-order valence-electron chi connectivity index (χ4n) is 1.27. The molecule has 0 atom stereocenters. The van der Waals surface area contributed by atoms with Crippen molar-refractivity contribution >= 4 is 17.5 Å². The third-order valence-electron chi connectivity index (χ3n) is 2.27. The van der Waals surface area contributed by atoms with Gasteiger partial charge in [0.15, 0.2) is 0 Å². The Balaban J connectivity index is 2.89. The Bertz CT molecular complexity index is 349. The monoisotopic (exact) mass is 259 g/mol. The van der Waals surface area contributed by atoms with Crippen molar-refractivity contribution < 1.29 is 9.47 Å². The number of nitrogens with zero attached hydrogens (tertiary/aromatic N) is 2. The molecular formula is C11H18ClN3O2. The molecule has 0 aliphatic rings. The van der Waals surface area contributed by atoms with Gasteiger partial charge in [0.05, 0.1) is 20.3 Å². The van der Waals surface area contributed by atoms with Gasteiger partial charge in [0.2, 0.25) is 17.7 Å². The van der Waals surface area contributed by atoms with E-state index in [0.717, 1.165) is 6.42 Å². The molecule has 0 aliphatic carbocycles. The summed E-state index contributed by atoms with van der Waals surface area (Å²) in [6, 6.07) is 1.62. The first-order chi connectivity index (χ1) is 8.00. The Labute approximate surface area is 107 Å². The highest BCUT2D eigenvalue weighted by Crippen LogP contribution is 2.21. The second kappa shape index (κ2) is 5.91. The van der Waals surface area contributed by atoms with Crippen LogP contribution < -0.4 is 14.8 Å². The number of methoxy groups -OCH3 is 2. The maximum Gasteiger partial charge on any atom is 0.229 e.